The van der Waals surface area contributed by atoms with Crippen LogP contribution < -0.4 is 9.61 Å². The van der Waals surface area contributed by atoms with Gasteiger partial charge in [0.25, 0.3) is 0 Å². The number of hydrogen-bond acceptors (Lipinski definition) is 3. The first-order chi connectivity index (χ1) is 7.20. The summed E-state index contributed by atoms with van der Waals surface area (Å²) in [4.78, 5) is 14.9. The predicted molar refractivity (Wildman–Crippen MR) is 61.7 cm³/mol. The zero-order valence-electron chi connectivity index (χ0n) is 8.53. The smallest absolute Gasteiger partial charge is 0.305 e. The Balaban J connectivity index is 2.45. The third-order valence-electron chi connectivity index (χ3n) is 2.18. The second-order valence-electron chi connectivity index (χ2n) is 3.20. The summed E-state index contributed by atoms with van der Waals surface area (Å²) in [5.41, 5.74) is 1.95. The average molecular weight is 221 g/mol. The standard InChI is InChI=1S/C11H11NO2S/c1-7-10(15-11(13)12-7)8-3-5-9(14-2)6-4-8/h3-6H,1-2H3,(H,12,13). The predicted octanol–water partition coefficient (Wildman–Crippen LogP) is 2.42. The molecule has 78 valence electrons. The second-order valence-corrected chi connectivity index (χ2v) is 4.18. The molecule has 0 saturated carbocycles. The monoisotopic (exact) mass is 221 g/mol. The minimum absolute atomic E-state index is 0.0154. The van der Waals surface area contributed by atoms with E-state index in [0.717, 1.165) is 21.9 Å². The van der Waals surface area contributed by atoms with Crippen molar-refractivity contribution in [3.05, 3.63) is 39.6 Å². The van der Waals surface area contributed by atoms with E-state index >= 15 is 0 Å². The van der Waals surface area contributed by atoms with Gasteiger partial charge in [-0.1, -0.05) is 11.3 Å². The number of aromatic amines is 1. The van der Waals surface area contributed by atoms with Crippen molar-refractivity contribution in [3.63, 3.8) is 0 Å². The highest BCUT2D eigenvalue weighted by atomic mass is 32.1. The van der Waals surface area contributed by atoms with E-state index in [4.69, 9.17) is 4.74 Å². The number of nitrogens with one attached hydrogen (secondary N) is 1. The summed E-state index contributed by atoms with van der Waals surface area (Å²) in [6.07, 6.45) is 0. The summed E-state index contributed by atoms with van der Waals surface area (Å²) in [6, 6.07) is 7.67. The van der Waals surface area contributed by atoms with Gasteiger partial charge in [-0.2, -0.15) is 0 Å². The van der Waals surface area contributed by atoms with Gasteiger partial charge < -0.3 is 9.72 Å². The van der Waals surface area contributed by atoms with Crippen LogP contribution in [-0.4, -0.2) is 12.1 Å². The summed E-state index contributed by atoms with van der Waals surface area (Å²) in [5, 5.41) is 0. The van der Waals surface area contributed by atoms with Gasteiger partial charge in [-0.05, 0) is 36.8 Å². The van der Waals surface area contributed by atoms with Crippen LogP contribution in [0.2, 0.25) is 0 Å². The fraction of sp³-hybridized carbons (Fsp3) is 0.182. The van der Waals surface area contributed by atoms with E-state index in [9.17, 15) is 4.79 Å². The third kappa shape index (κ3) is 1.94. The van der Waals surface area contributed by atoms with E-state index in [-0.39, 0.29) is 4.87 Å². The average Bonchev–Trinajstić information content (AvgIpc) is 2.58. The summed E-state index contributed by atoms with van der Waals surface area (Å²) in [6.45, 7) is 1.90. The highest BCUT2D eigenvalue weighted by Crippen LogP contribution is 2.26. The van der Waals surface area contributed by atoms with Gasteiger partial charge in [-0.15, -0.1) is 0 Å². The van der Waals surface area contributed by atoms with Crippen molar-refractivity contribution >= 4 is 11.3 Å². The molecule has 0 atom stereocenters. The Bertz CT molecular complexity index is 510. The van der Waals surface area contributed by atoms with Gasteiger partial charge in [0.1, 0.15) is 5.75 Å². The Labute approximate surface area is 91.4 Å². The Morgan fingerprint density at radius 1 is 1.27 bits per heavy atom. The topological polar surface area (TPSA) is 42.1 Å². The highest BCUT2D eigenvalue weighted by molar-refractivity contribution is 7.13. The van der Waals surface area contributed by atoms with E-state index in [0.29, 0.717) is 0 Å². The molecule has 1 aromatic carbocycles. The largest absolute Gasteiger partial charge is 0.497 e. The number of aryl methyl sites for hydroxylation is 1. The first kappa shape index (κ1) is 9.98. The molecule has 0 radical (unpaired) electrons. The molecule has 15 heavy (non-hydrogen) atoms. The molecule has 1 aromatic heterocycles. The fourth-order valence-corrected chi connectivity index (χ4v) is 2.27. The Hall–Kier alpha value is -1.55. The van der Waals surface area contributed by atoms with Gasteiger partial charge in [0.2, 0.25) is 0 Å². The molecular formula is C11H11NO2S. The molecular weight excluding hydrogens is 210 g/mol. The van der Waals surface area contributed by atoms with Gasteiger partial charge in [0.05, 0.1) is 12.0 Å². The summed E-state index contributed by atoms with van der Waals surface area (Å²) >= 11 is 1.23. The van der Waals surface area contributed by atoms with Gasteiger partial charge in [0.15, 0.2) is 0 Å². The molecule has 0 bridgehead atoms. The van der Waals surface area contributed by atoms with Crippen LogP contribution in [0.3, 0.4) is 0 Å². The molecule has 0 aliphatic carbocycles. The highest BCUT2D eigenvalue weighted by Gasteiger charge is 2.06. The zero-order valence-corrected chi connectivity index (χ0v) is 9.35. The molecule has 3 nitrogen and oxygen atoms in total. The molecule has 2 rings (SSSR count). The molecule has 0 amide bonds. The lowest BCUT2D eigenvalue weighted by Crippen LogP contribution is -1.91. The van der Waals surface area contributed by atoms with Crippen molar-refractivity contribution in [1.29, 1.82) is 0 Å². The Morgan fingerprint density at radius 3 is 2.40 bits per heavy atom. The van der Waals surface area contributed by atoms with Gasteiger partial charge in [0, 0.05) is 5.69 Å². The SMILES string of the molecule is COc1ccc(-c2sc(=O)[nH]c2C)cc1. The molecule has 0 fully saturated rings. The molecule has 0 saturated heterocycles. The first-order valence-corrected chi connectivity index (χ1v) is 5.36. The van der Waals surface area contributed by atoms with E-state index < -0.39 is 0 Å². The summed E-state index contributed by atoms with van der Waals surface area (Å²) < 4.78 is 5.07. The summed E-state index contributed by atoms with van der Waals surface area (Å²) in [7, 11) is 1.63. The van der Waals surface area contributed by atoms with Crippen molar-refractivity contribution in [2.45, 2.75) is 6.92 Å². The van der Waals surface area contributed by atoms with Crippen molar-refractivity contribution in [1.82, 2.24) is 4.98 Å². The number of methoxy groups -OCH3 is 1. The van der Waals surface area contributed by atoms with E-state index in [1.54, 1.807) is 7.11 Å². The van der Waals surface area contributed by atoms with Gasteiger partial charge >= 0.3 is 4.87 Å². The quantitative estimate of drug-likeness (QED) is 0.846. The number of benzene rings is 1. The van der Waals surface area contributed by atoms with Crippen LogP contribution in [0.1, 0.15) is 5.69 Å². The van der Waals surface area contributed by atoms with E-state index in [2.05, 4.69) is 4.98 Å². The number of hydrogen-bond donors (Lipinski definition) is 1. The van der Waals surface area contributed by atoms with E-state index in [1.807, 2.05) is 31.2 Å². The van der Waals surface area contributed by atoms with Crippen molar-refractivity contribution < 1.29 is 4.74 Å². The number of ether oxygens (including phenoxy) is 1. The molecule has 4 heteroatoms. The number of H-pyrrole nitrogens is 1. The van der Waals surface area contributed by atoms with Crippen molar-refractivity contribution in [2.75, 3.05) is 7.11 Å². The Morgan fingerprint density at radius 2 is 1.93 bits per heavy atom. The van der Waals surface area contributed by atoms with Crippen LogP contribution in [0, 0.1) is 6.92 Å². The molecule has 2 aromatic rings. The maximum Gasteiger partial charge on any atom is 0.305 e. The van der Waals surface area contributed by atoms with Crippen LogP contribution in [0.25, 0.3) is 10.4 Å². The minimum Gasteiger partial charge on any atom is -0.497 e. The maximum atomic E-state index is 11.1. The van der Waals surface area contributed by atoms with Crippen molar-refractivity contribution in [3.8, 4) is 16.2 Å². The molecule has 1 heterocycles. The zero-order chi connectivity index (χ0) is 10.8. The number of rotatable bonds is 2. The van der Waals surface area contributed by atoms with E-state index in [1.165, 1.54) is 11.3 Å². The molecule has 0 aliphatic rings. The van der Waals surface area contributed by atoms with Crippen LogP contribution in [0.15, 0.2) is 29.1 Å². The molecule has 1 N–H and O–H groups in total. The van der Waals surface area contributed by atoms with Crippen LogP contribution in [-0.2, 0) is 0 Å². The normalized spacial score (nSPS) is 10.3. The number of aromatic nitrogens is 1. The molecule has 0 unspecified atom stereocenters. The van der Waals surface area contributed by atoms with Crippen LogP contribution in [0.5, 0.6) is 5.75 Å². The lowest BCUT2D eigenvalue weighted by molar-refractivity contribution is 0.415. The minimum atomic E-state index is -0.0154. The maximum absolute atomic E-state index is 11.1. The number of thiazole rings is 1. The lowest BCUT2D eigenvalue weighted by Gasteiger charge is -2.01. The second kappa shape index (κ2) is 3.90. The Kier molecular flexibility index (Phi) is 2.60. The van der Waals surface area contributed by atoms with Crippen LogP contribution in [0.4, 0.5) is 0 Å². The van der Waals surface area contributed by atoms with Crippen molar-refractivity contribution in [2.24, 2.45) is 0 Å². The lowest BCUT2D eigenvalue weighted by atomic mass is 10.1. The first-order valence-electron chi connectivity index (χ1n) is 4.55. The van der Waals surface area contributed by atoms with Gasteiger partial charge in [-0.25, -0.2) is 0 Å². The van der Waals surface area contributed by atoms with Gasteiger partial charge in [-0.3, -0.25) is 4.79 Å². The van der Waals surface area contributed by atoms with Crippen LogP contribution >= 0.6 is 11.3 Å². The fourth-order valence-electron chi connectivity index (χ4n) is 1.42. The molecule has 0 aliphatic heterocycles. The third-order valence-corrected chi connectivity index (χ3v) is 3.21. The molecule has 0 spiro atoms. The summed E-state index contributed by atoms with van der Waals surface area (Å²) in [5.74, 6) is 0.819.